The molecule has 3 aromatic rings. The van der Waals surface area contributed by atoms with Gasteiger partial charge in [-0.1, -0.05) is 49.7 Å². The Hall–Kier alpha value is -2.37. The maximum absolute atomic E-state index is 13.1. The van der Waals surface area contributed by atoms with Gasteiger partial charge in [0.15, 0.2) is 0 Å². The number of piperidine rings is 3. The van der Waals surface area contributed by atoms with E-state index in [9.17, 15) is 4.79 Å². The molecule has 174 valence electrons. The molecule has 3 fully saturated rings. The molecule has 7 heteroatoms. The molecule has 6 rings (SSSR count). The number of hydrogen-bond donors (Lipinski definition) is 2. The van der Waals surface area contributed by atoms with Crippen molar-refractivity contribution in [2.24, 2.45) is 17.8 Å². The summed E-state index contributed by atoms with van der Waals surface area (Å²) in [6.45, 7) is 5.61. The van der Waals surface area contributed by atoms with Crippen molar-refractivity contribution in [1.29, 1.82) is 0 Å². The summed E-state index contributed by atoms with van der Waals surface area (Å²) in [6, 6.07) is 19.6. The minimum Gasteiger partial charge on any atom is -0.454 e. The normalized spacial score (nSPS) is 24.6. The van der Waals surface area contributed by atoms with E-state index in [0.717, 1.165) is 29.6 Å². The number of carbonyl (C=O) groups is 1. The summed E-state index contributed by atoms with van der Waals surface area (Å²) in [5.74, 6) is 1.31. The first kappa shape index (κ1) is 23.8. The maximum atomic E-state index is 13.1. The van der Waals surface area contributed by atoms with Gasteiger partial charge in [-0.05, 0) is 49.1 Å². The summed E-state index contributed by atoms with van der Waals surface area (Å²) < 4.78 is 6.32. The molecule has 0 aliphatic carbocycles. The first-order chi connectivity index (χ1) is 16.2. The molecule has 0 amide bonds. The predicted molar refractivity (Wildman–Crippen MR) is 131 cm³/mol. The molecule has 33 heavy (non-hydrogen) atoms. The molecule has 2 aromatic carbocycles. The van der Waals surface area contributed by atoms with Gasteiger partial charge < -0.3 is 19.4 Å². The van der Waals surface area contributed by atoms with Crippen molar-refractivity contribution in [2.75, 3.05) is 19.6 Å². The van der Waals surface area contributed by atoms with Gasteiger partial charge in [0, 0.05) is 36.2 Å². The number of carbonyl (C=O) groups excluding carboxylic acids is 1. The SMILES string of the molecule is CC[C@H]1CN2CC[C@@H]1[C@H]([C@@H](OC(=O)c1ccccc1)c1ccnc3ccccc13)C2.OPO. The van der Waals surface area contributed by atoms with Crippen LogP contribution >= 0.6 is 9.03 Å². The van der Waals surface area contributed by atoms with E-state index in [4.69, 9.17) is 14.5 Å². The van der Waals surface area contributed by atoms with Gasteiger partial charge in [0.25, 0.3) is 0 Å². The highest BCUT2D eigenvalue weighted by Crippen LogP contribution is 2.46. The van der Waals surface area contributed by atoms with E-state index >= 15 is 0 Å². The molecule has 3 aliphatic rings. The molecule has 0 saturated carbocycles. The van der Waals surface area contributed by atoms with Gasteiger partial charge in [0.05, 0.1) is 11.1 Å². The lowest BCUT2D eigenvalue weighted by Gasteiger charge is -2.51. The molecule has 6 nitrogen and oxygen atoms in total. The van der Waals surface area contributed by atoms with Crippen molar-refractivity contribution in [3.8, 4) is 0 Å². The van der Waals surface area contributed by atoms with E-state index in [1.54, 1.807) is 0 Å². The standard InChI is InChI=1S/C26H28N2O2.H3O2P/c1-2-18-16-28-15-13-20(18)23(17-28)25(30-26(29)19-8-4-3-5-9-19)22-12-14-27-24-11-7-6-10-21(22)24;1-3-2/h3-12,14,18,20,23,25H,2,13,15-17H2,1H3;1-3H/t18-,20-,23+,25-;/m0./s1. The topological polar surface area (TPSA) is 82.9 Å². The van der Waals surface area contributed by atoms with E-state index in [2.05, 4.69) is 22.9 Å². The van der Waals surface area contributed by atoms with Crippen LogP contribution in [0.15, 0.2) is 66.9 Å². The number of esters is 1. The molecule has 4 heterocycles. The highest BCUT2D eigenvalue weighted by Gasteiger charge is 2.45. The van der Waals surface area contributed by atoms with Crippen LogP contribution in [0.4, 0.5) is 0 Å². The fraction of sp³-hybridized carbons (Fsp3) is 0.385. The zero-order chi connectivity index (χ0) is 23.2. The number of nitrogens with zero attached hydrogens (tertiary/aromatic N) is 2. The second kappa shape index (κ2) is 11.2. The Bertz CT molecular complexity index is 1060. The minimum absolute atomic E-state index is 0.244. The number of fused-ring (bicyclic) bond motifs is 4. The predicted octanol–water partition coefficient (Wildman–Crippen LogP) is 4.59. The van der Waals surface area contributed by atoms with E-state index in [0.29, 0.717) is 23.3 Å². The lowest BCUT2D eigenvalue weighted by Crippen LogP contribution is -2.54. The van der Waals surface area contributed by atoms with E-state index in [1.165, 1.54) is 19.4 Å². The number of rotatable bonds is 5. The number of ether oxygens (including phenoxy) is 1. The van der Waals surface area contributed by atoms with Crippen LogP contribution in [0.25, 0.3) is 10.9 Å². The molecule has 1 unspecified atom stereocenters. The Labute approximate surface area is 196 Å². The highest BCUT2D eigenvalue weighted by atomic mass is 31.1. The van der Waals surface area contributed by atoms with E-state index < -0.39 is 9.03 Å². The zero-order valence-corrected chi connectivity index (χ0v) is 19.8. The van der Waals surface area contributed by atoms with Gasteiger partial charge in [0.2, 0.25) is 0 Å². The summed E-state index contributed by atoms with van der Waals surface area (Å²) in [5.41, 5.74) is 2.64. The van der Waals surface area contributed by atoms with Crippen LogP contribution < -0.4 is 0 Å². The third-order valence-corrected chi connectivity index (χ3v) is 7.04. The first-order valence-corrected chi connectivity index (χ1v) is 12.4. The van der Waals surface area contributed by atoms with Crippen molar-refractivity contribution in [3.63, 3.8) is 0 Å². The number of hydrogen-bond acceptors (Lipinski definition) is 6. The second-order valence-corrected chi connectivity index (χ2v) is 8.95. The van der Waals surface area contributed by atoms with Gasteiger partial charge in [0.1, 0.15) is 15.1 Å². The van der Waals surface area contributed by atoms with Crippen molar-refractivity contribution in [1.82, 2.24) is 9.88 Å². The van der Waals surface area contributed by atoms with Gasteiger partial charge in [-0.3, -0.25) is 4.98 Å². The van der Waals surface area contributed by atoms with Gasteiger partial charge in [-0.15, -0.1) is 0 Å². The molecule has 3 saturated heterocycles. The molecule has 5 atom stereocenters. The van der Waals surface area contributed by atoms with Gasteiger partial charge in [-0.25, -0.2) is 4.79 Å². The van der Waals surface area contributed by atoms with Gasteiger partial charge >= 0.3 is 5.97 Å². The van der Waals surface area contributed by atoms with Crippen molar-refractivity contribution < 1.29 is 19.3 Å². The number of benzene rings is 2. The lowest BCUT2D eigenvalue weighted by molar-refractivity contribution is -0.0702. The third kappa shape index (κ3) is 5.25. The van der Waals surface area contributed by atoms with E-state index in [1.807, 2.05) is 60.8 Å². The van der Waals surface area contributed by atoms with Crippen molar-refractivity contribution >= 4 is 25.9 Å². The number of pyridine rings is 1. The Morgan fingerprint density at radius 3 is 2.58 bits per heavy atom. The quantitative estimate of drug-likeness (QED) is 0.423. The summed E-state index contributed by atoms with van der Waals surface area (Å²) in [5, 5.41) is 1.08. The van der Waals surface area contributed by atoms with Crippen LogP contribution in [0.1, 0.15) is 41.8 Å². The van der Waals surface area contributed by atoms with Crippen LogP contribution in [0.3, 0.4) is 0 Å². The average molecular weight is 467 g/mol. The second-order valence-electron chi connectivity index (χ2n) is 8.75. The molecular weight excluding hydrogens is 435 g/mol. The van der Waals surface area contributed by atoms with Crippen LogP contribution in [-0.4, -0.2) is 45.3 Å². The lowest BCUT2D eigenvalue weighted by atomic mass is 9.68. The molecule has 2 N–H and O–H groups in total. The molecular formula is C26H31N2O4P. The smallest absolute Gasteiger partial charge is 0.338 e. The van der Waals surface area contributed by atoms with Crippen LogP contribution in [0, 0.1) is 17.8 Å². The van der Waals surface area contributed by atoms with Crippen LogP contribution in [-0.2, 0) is 4.74 Å². The Balaban J connectivity index is 0.000000821. The zero-order valence-electron chi connectivity index (χ0n) is 18.8. The molecule has 1 aromatic heterocycles. The van der Waals surface area contributed by atoms with E-state index in [-0.39, 0.29) is 12.1 Å². The summed E-state index contributed by atoms with van der Waals surface area (Å²) in [4.78, 5) is 34.5. The monoisotopic (exact) mass is 466 g/mol. The fourth-order valence-electron chi connectivity index (χ4n) is 5.55. The maximum Gasteiger partial charge on any atom is 0.338 e. The number of aromatic nitrogens is 1. The van der Waals surface area contributed by atoms with Crippen LogP contribution in [0.5, 0.6) is 0 Å². The Morgan fingerprint density at radius 2 is 1.85 bits per heavy atom. The highest BCUT2D eigenvalue weighted by molar-refractivity contribution is 7.23. The molecule has 2 bridgehead atoms. The summed E-state index contributed by atoms with van der Waals surface area (Å²) >= 11 is 0. The summed E-state index contributed by atoms with van der Waals surface area (Å²) in [6.07, 6.45) is 3.94. The van der Waals surface area contributed by atoms with Gasteiger partial charge in [-0.2, -0.15) is 0 Å². The Kier molecular flexibility index (Phi) is 8.05. The average Bonchev–Trinajstić information content (AvgIpc) is 2.88. The van der Waals surface area contributed by atoms with Crippen molar-refractivity contribution in [3.05, 3.63) is 78.0 Å². The first-order valence-electron chi connectivity index (χ1n) is 11.5. The summed E-state index contributed by atoms with van der Waals surface area (Å²) in [7, 11) is -0.917. The fourth-order valence-corrected chi connectivity index (χ4v) is 5.55. The number of para-hydroxylation sites is 1. The molecule has 0 spiro atoms. The molecule has 0 radical (unpaired) electrons. The molecule has 3 aliphatic heterocycles. The Morgan fingerprint density at radius 1 is 1.12 bits per heavy atom. The minimum atomic E-state index is -0.917. The largest absolute Gasteiger partial charge is 0.454 e. The van der Waals surface area contributed by atoms with Crippen molar-refractivity contribution in [2.45, 2.75) is 25.9 Å². The van der Waals surface area contributed by atoms with Crippen LogP contribution in [0.2, 0.25) is 0 Å². The third-order valence-electron chi connectivity index (χ3n) is 7.04.